The number of imidazole rings is 1. The number of H-pyrrole nitrogens is 1. The molecule has 0 atom stereocenters. The third kappa shape index (κ3) is 3.94. The molecule has 1 fully saturated rings. The van der Waals surface area contributed by atoms with Gasteiger partial charge in [-0.1, -0.05) is 35.5 Å². The molecule has 1 aliphatic rings. The summed E-state index contributed by atoms with van der Waals surface area (Å²) in [5.74, 6) is 0.139. The molecule has 0 bridgehead atoms. The average molecular weight is 401 g/mol. The van der Waals surface area contributed by atoms with Crippen LogP contribution in [0.3, 0.4) is 0 Å². The molecule has 4 rings (SSSR count). The molecule has 8 heteroatoms. The number of aromatic amines is 1. The molecule has 0 saturated carbocycles. The molecule has 1 saturated heterocycles. The third-order valence-electron chi connectivity index (χ3n) is 4.30. The van der Waals surface area contributed by atoms with Crippen molar-refractivity contribution in [3.63, 3.8) is 0 Å². The van der Waals surface area contributed by atoms with Gasteiger partial charge in [-0.25, -0.2) is 4.98 Å². The highest BCUT2D eigenvalue weighted by Gasteiger charge is 2.24. The van der Waals surface area contributed by atoms with Gasteiger partial charge in [0.25, 0.3) is 0 Å². The van der Waals surface area contributed by atoms with Crippen LogP contribution in [-0.2, 0) is 9.59 Å². The van der Waals surface area contributed by atoms with Crippen molar-refractivity contribution >= 4 is 57.6 Å². The van der Waals surface area contributed by atoms with Crippen LogP contribution in [-0.4, -0.2) is 34.1 Å². The Morgan fingerprint density at radius 1 is 1.30 bits per heavy atom. The number of hydrogen-bond acceptors (Lipinski definition) is 4. The SMILES string of the molecule is O=C(CSc1nc2ccc(Cl)cc2[nH]1)Nc1ccccc1N1CCCC1=O. The fourth-order valence-corrected chi connectivity index (χ4v) is 3.92. The van der Waals surface area contributed by atoms with Crippen molar-refractivity contribution in [3.05, 3.63) is 47.5 Å². The number of nitrogens with one attached hydrogen (secondary N) is 2. The van der Waals surface area contributed by atoms with E-state index in [4.69, 9.17) is 11.6 Å². The molecule has 2 aromatic carbocycles. The van der Waals surface area contributed by atoms with Crippen molar-refractivity contribution in [2.45, 2.75) is 18.0 Å². The fourth-order valence-electron chi connectivity index (χ4n) is 3.06. The number of carbonyl (C=O) groups excluding carboxylic acids is 2. The van der Waals surface area contributed by atoms with Gasteiger partial charge in [0.15, 0.2) is 5.16 Å². The minimum atomic E-state index is -0.155. The molecule has 0 spiro atoms. The fraction of sp³-hybridized carbons (Fsp3) is 0.211. The summed E-state index contributed by atoms with van der Waals surface area (Å²) in [6.07, 6.45) is 1.39. The Labute approximate surface area is 165 Å². The Morgan fingerprint density at radius 3 is 2.96 bits per heavy atom. The Hall–Kier alpha value is -2.51. The van der Waals surface area contributed by atoms with Crippen LogP contribution in [0.25, 0.3) is 11.0 Å². The molecule has 0 aliphatic carbocycles. The van der Waals surface area contributed by atoms with Crippen molar-refractivity contribution in [3.8, 4) is 0 Å². The van der Waals surface area contributed by atoms with Gasteiger partial charge in [-0.2, -0.15) is 0 Å². The molecule has 1 aliphatic heterocycles. The van der Waals surface area contributed by atoms with E-state index in [0.717, 1.165) is 23.1 Å². The summed E-state index contributed by atoms with van der Waals surface area (Å²) in [4.78, 5) is 33.7. The summed E-state index contributed by atoms with van der Waals surface area (Å²) in [5.41, 5.74) is 3.04. The smallest absolute Gasteiger partial charge is 0.234 e. The van der Waals surface area contributed by atoms with E-state index in [2.05, 4.69) is 15.3 Å². The molecule has 2 amide bonds. The van der Waals surface area contributed by atoms with E-state index < -0.39 is 0 Å². The topological polar surface area (TPSA) is 78.1 Å². The number of rotatable bonds is 5. The second-order valence-electron chi connectivity index (χ2n) is 6.21. The second kappa shape index (κ2) is 7.62. The molecule has 2 heterocycles. The number of thioether (sulfide) groups is 1. The highest BCUT2D eigenvalue weighted by atomic mass is 35.5. The maximum atomic E-state index is 12.4. The number of carbonyl (C=O) groups is 2. The average Bonchev–Trinajstić information content (AvgIpc) is 3.26. The molecular formula is C19H17ClN4O2S. The van der Waals surface area contributed by atoms with Gasteiger partial charge < -0.3 is 15.2 Å². The van der Waals surface area contributed by atoms with Crippen LogP contribution in [0.15, 0.2) is 47.6 Å². The molecule has 0 unspecified atom stereocenters. The summed E-state index contributed by atoms with van der Waals surface area (Å²) in [7, 11) is 0. The van der Waals surface area contributed by atoms with E-state index in [1.165, 1.54) is 11.8 Å². The number of benzene rings is 2. The first kappa shape index (κ1) is 17.9. The minimum absolute atomic E-state index is 0.0898. The molecule has 3 aromatic rings. The van der Waals surface area contributed by atoms with Gasteiger partial charge in [-0.15, -0.1) is 0 Å². The monoisotopic (exact) mass is 400 g/mol. The van der Waals surface area contributed by atoms with Gasteiger partial charge in [0, 0.05) is 18.0 Å². The van der Waals surface area contributed by atoms with Crippen LogP contribution >= 0.6 is 23.4 Å². The highest BCUT2D eigenvalue weighted by Crippen LogP contribution is 2.29. The van der Waals surface area contributed by atoms with E-state index in [-0.39, 0.29) is 17.6 Å². The predicted molar refractivity (Wildman–Crippen MR) is 108 cm³/mol. The van der Waals surface area contributed by atoms with Gasteiger partial charge in [0.05, 0.1) is 28.2 Å². The molecule has 27 heavy (non-hydrogen) atoms. The number of fused-ring (bicyclic) bond motifs is 1. The summed E-state index contributed by atoms with van der Waals surface area (Å²) in [5, 5.41) is 4.20. The van der Waals surface area contributed by atoms with E-state index >= 15 is 0 Å². The summed E-state index contributed by atoms with van der Waals surface area (Å²) in [6.45, 7) is 0.683. The zero-order chi connectivity index (χ0) is 18.8. The quantitative estimate of drug-likeness (QED) is 0.633. The van der Waals surface area contributed by atoms with E-state index in [9.17, 15) is 9.59 Å². The van der Waals surface area contributed by atoms with E-state index in [1.54, 1.807) is 17.0 Å². The van der Waals surface area contributed by atoms with Gasteiger partial charge in [0.1, 0.15) is 0 Å². The van der Waals surface area contributed by atoms with Crippen molar-refractivity contribution in [2.75, 3.05) is 22.5 Å². The lowest BCUT2D eigenvalue weighted by Gasteiger charge is -2.19. The van der Waals surface area contributed by atoms with E-state index in [0.29, 0.717) is 28.8 Å². The van der Waals surface area contributed by atoms with E-state index in [1.807, 2.05) is 30.3 Å². The second-order valence-corrected chi connectivity index (χ2v) is 7.61. The number of para-hydroxylation sites is 2. The van der Waals surface area contributed by atoms with Crippen LogP contribution in [0.1, 0.15) is 12.8 Å². The zero-order valence-corrected chi connectivity index (χ0v) is 15.9. The molecule has 2 N–H and O–H groups in total. The van der Waals surface area contributed by atoms with Gasteiger partial charge in [-0.3, -0.25) is 9.59 Å². The van der Waals surface area contributed by atoms with Gasteiger partial charge in [0.2, 0.25) is 11.8 Å². The molecular weight excluding hydrogens is 384 g/mol. The van der Waals surface area contributed by atoms with Crippen molar-refractivity contribution in [2.24, 2.45) is 0 Å². The standard InChI is InChI=1S/C19H17ClN4O2S/c20-12-7-8-13-15(10-12)23-19(22-13)27-11-17(25)21-14-4-1-2-5-16(14)24-9-3-6-18(24)26/h1-2,4-5,7-8,10H,3,6,9,11H2,(H,21,25)(H,22,23). The Bertz CT molecular complexity index is 1020. The van der Waals surface area contributed by atoms with Crippen LogP contribution in [0.5, 0.6) is 0 Å². The number of aromatic nitrogens is 2. The van der Waals surface area contributed by atoms with Crippen LogP contribution < -0.4 is 10.2 Å². The largest absolute Gasteiger partial charge is 0.333 e. The lowest BCUT2D eigenvalue weighted by Crippen LogP contribution is -2.26. The molecule has 138 valence electrons. The Kier molecular flexibility index (Phi) is 5.05. The summed E-state index contributed by atoms with van der Waals surface area (Å²) >= 11 is 7.29. The van der Waals surface area contributed by atoms with Gasteiger partial charge >= 0.3 is 0 Å². The maximum absolute atomic E-state index is 12.4. The maximum Gasteiger partial charge on any atom is 0.234 e. The Balaban J connectivity index is 1.43. The lowest BCUT2D eigenvalue weighted by molar-refractivity contribution is -0.117. The number of halogens is 1. The van der Waals surface area contributed by atoms with Crippen LogP contribution in [0.2, 0.25) is 5.02 Å². The first-order chi connectivity index (χ1) is 13.1. The first-order valence-electron chi connectivity index (χ1n) is 8.57. The third-order valence-corrected chi connectivity index (χ3v) is 5.41. The number of anilines is 2. The number of amides is 2. The van der Waals surface area contributed by atoms with Crippen molar-refractivity contribution in [1.29, 1.82) is 0 Å². The van der Waals surface area contributed by atoms with Crippen molar-refractivity contribution in [1.82, 2.24) is 9.97 Å². The van der Waals surface area contributed by atoms with Gasteiger partial charge in [-0.05, 0) is 36.8 Å². The van der Waals surface area contributed by atoms with Crippen LogP contribution in [0, 0.1) is 0 Å². The van der Waals surface area contributed by atoms with Crippen LogP contribution in [0.4, 0.5) is 11.4 Å². The Morgan fingerprint density at radius 2 is 2.15 bits per heavy atom. The highest BCUT2D eigenvalue weighted by molar-refractivity contribution is 7.99. The predicted octanol–water partition coefficient (Wildman–Crippen LogP) is 4.07. The normalized spacial score (nSPS) is 14.1. The number of nitrogens with zero attached hydrogens (tertiary/aromatic N) is 2. The lowest BCUT2D eigenvalue weighted by atomic mass is 10.2. The molecule has 6 nitrogen and oxygen atoms in total. The zero-order valence-electron chi connectivity index (χ0n) is 14.4. The molecule has 0 radical (unpaired) electrons. The minimum Gasteiger partial charge on any atom is -0.333 e. The first-order valence-corrected chi connectivity index (χ1v) is 9.94. The summed E-state index contributed by atoms with van der Waals surface area (Å²) in [6, 6.07) is 12.8. The summed E-state index contributed by atoms with van der Waals surface area (Å²) < 4.78 is 0. The molecule has 1 aromatic heterocycles. The van der Waals surface area contributed by atoms with Crippen molar-refractivity contribution < 1.29 is 9.59 Å². The number of hydrogen-bond donors (Lipinski definition) is 2.